The van der Waals surface area contributed by atoms with E-state index in [1.165, 1.54) is 34.9 Å². The summed E-state index contributed by atoms with van der Waals surface area (Å²) >= 11 is 1.35. The molecule has 3 rings (SSSR count). The Bertz CT molecular complexity index is 1040. The first-order chi connectivity index (χ1) is 15.2. The number of ether oxygens (including phenoxy) is 1. The molecule has 0 bridgehead atoms. The third-order valence-electron chi connectivity index (χ3n) is 5.87. The lowest BCUT2D eigenvalue weighted by molar-refractivity contribution is 0.102. The van der Waals surface area contributed by atoms with E-state index in [9.17, 15) is 13.2 Å². The Balaban J connectivity index is 1.86. The summed E-state index contributed by atoms with van der Waals surface area (Å²) in [6.45, 7) is 9.20. The molecular weight excluding hydrogens is 448 g/mol. The SMILES string of the molecule is CCC(CC)c1nnc(NC(=O)c2ccc(OC)c(S(=O)(=O)N3CC(C)CC(C)C3)c2)s1. The van der Waals surface area contributed by atoms with Crippen LogP contribution < -0.4 is 10.1 Å². The Kier molecular flexibility index (Phi) is 7.89. The molecule has 0 saturated carbocycles. The van der Waals surface area contributed by atoms with E-state index < -0.39 is 15.9 Å². The average Bonchev–Trinajstić information content (AvgIpc) is 3.21. The molecule has 8 nitrogen and oxygen atoms in total. The fourth-order valence-corrected chi connectivity index (χ4v) is 7.08. The number of hydrogen-bond donors (Lipinski definition) is 1. The van der Waals surface area contributed by atoms with Gasteiger partial charge < -0.3 is 4.74 Å². The Morgan fingerprint density at radius 1 is 1.22 bits per heavy atom. The summed E-state index contributed by atoms with van der Waals surface area (Å²) in [6.07, 6.45) is 2.89. The number of hydrogen-bond acceptors (Lipinski definition) is 7. The van der Waals surface area contributed by atoms with Gasteiger partial charge in [-0.05, 0) is 49.3 Å². The van der Waals surface area contributed by atoms with Gasteiger partial charge in [0.05, 0.1) is 7.11 Å². The second-order valence-electron chi connectivity index (χ2n) is 8.55. The number of nitrogens with one attached hydrogen (secondary N) is 1. The Morgan fingerprint density at radius 3 is 2.47 bits per heavy atom. The number of aromatic nitrogens is 2. The van der Waals surface area contributed by atoms with Crippen molar-refractivity contribution in [2.45, 2.75) is 57.8 Å². The van der Waals surface area contributed by atoms with E-state index in [1.54, 1.807) is 6.07 Å². The summed E-state index contributed by atoms with van der Waals surface area (Å²) in [5, 5.41) is 12.3. The molecule has 0 aliphatic carbocycles. The van der Waals surface area contributed by atoms with Gasteiger partial charge in [0.25, 0.3) is 5.91 Å². The van der Waals surface area contributed by atoms with E-state index in [-0.39, 0.29) is 28.0 Å². The molecule has 1 fully saturated rings. The number of amides is 1. The van der Waals surface area contributed by atoms with E-state index in [2.05, 4.69) is 43.2 Å². The van der Waals surface area contributed by atoms with Gasteiger partial charge in [-0.15, -0.1) is 10.2 Å². The summed E-state index contributed by atoms with van der Waals surface area (Å²) in [5.41, 5.74) is 0.224. The number of rotatable bonds is 8. The van der Waals surface area contributed by atoms with E-state index in [1.807, 2.05) is 0 Å². The predicted octanol–water partition coefficient (Wildman–Crippen LogP) is 4.37. The minimum atomic E-state index is -3.81. The maximum Gasteiger partial charge on any atom is 0.257 e. The maximum atomic E-state index is 13.4. The second kappa shape index (κ2) is 10.3. The van der Waals surface area contributed by atoms with Gasteiger partial charge in [0.2, 0.25) is 15.2 Å². The molecule has 0 spiro atoms. The summed E-state index contributed by atoms with van der Waals surface area (Å²) in [4.78, 5) is 12.9. The molecule has 0 radical (unpaired) electrons. The third kappa shape index (κ3) is 5.29. The number of anilines is 1. The first-order valence-electron chi connectivity index (χ1n) is 11.0. The maximum absolute atomic E-state index is 13.4. The zero-order chi connectivity index (χ0) is 23.5. The van der Waals surface area contributed by atoms with Crippen molar-refractivity contribution >= 4 is 32.4 Å². The summed E-state index contributed by atoms with van der Waals surface area (Å²) in [5.74, 6) is 0.640. The highest BCUT2D eigenvalue weighted by Gasteiger charge is 2.34. The van der Waals surface area contributed by atoms with Gasteiger partial charge in [0, 0.05) is 24.6 Å². The van der Waals surface area contributed by atoms with Gasteiger partial charge in [-0.1, -0.05) is 39.0 Å². The first-order valence-corrected chi connectivity index (χ1v) is 13.3. The smallest absolute Gasteiger partial charge is 0.257 e. The van der Waals surface area contributed by atoms with Crippen LogP contribution in [0.15, 0.2) is 23.1 Å². The van der Waals surface area contributed by atoms with Crippen LogP contribution in [0, 0.1) is 11.8 Å². The number of piperidine rings is 1. The monoisotopic (exact) mass is 480 g/mol. The molecule has 1 amide bonds. The molecule has 10 heteroatoms. The molecule has 2 atom stereocenters. The summed E-state index contributed by atoms with van der Waals surface area (Å²) in [7, 11) is -2.38. The lowest BCUT2D eigenvalue weighted by Crippen LogP contribution is -2.42. The minimum absolute atomic E-state index is 0.00364. The van der Waals surface area contributed by atoms with Crippen LogP contribution in [-0.2, 0) is 10.0 Å². The normalized spacial score (nSPS) is 19.8. The van der Waals surface area contributed by atoms with Crippen LogP contribution in [0.4, 0.5) is 5.13 Å². The first kappa shape index (κ1) is 24.6. The fraction of sp³-hybridized carbons (Fsp3) is 0.591. The van der Waals surface area contributed by atoms with Crippen molar-refractivity contribution in [3.8, 4) is 5.75 Å². The van der Waals surface area contributed by atoms with Gasteiger partial charge >= 0.3 is 0 Å². The highest BCUT2D eigenvalue weighted by molar-refractivity contribution is 7.89. The van der Waals surface area contributed by atoms with Gasteiger partial charge in [-0.2, -0.15) is 4.31 Å². The molecule has 32 heavy (non-hydrogen) atoms. The molecule has 1 saturated heterocycles. The molecule has 1 aromatic carbocycles. The van der Waals surface area contributed by atoms with Crippen LogP contribution in [0.3, 0.4) is 0 Å². The van der Waals surface area contributed by atoms with Crippen molar-refractivity contribution in [3.05, 3.63) is 28.8 Å². The third-order valence-corrected chi connectivity index (χ3v) is 8.73. The van der Waals surface area contributed by atoms with Crippen molar-refractivity contribution < 1.29 is 17.9 Å². The van der Waals surface area contributed by atoms with E-state index in [0.717, 1.165) is 24.3 Å². The Morgan fingerprint density at radius 2 is 1.88 bits per heavy atom. The van der Waals surface area contributed by atoms with Crippen LogP contribution in [0.1, 0.15) is 68.2 Å². The van der Waals surface area contributed by atoms with Gasteiger partial charge in [-0.25, -0.2) is 8.42 Å². The standard InChI is InChI=1S/C22H32N4O4S2/c1-6-16(7-2)21-24-25-22(31-21)23-20(27)17-8-9-18(30-5)19(11-17)32(28,29)26-12-14(3)10-15(4)13-26/h8-9,11,14-16H,6-7,10,12-13H2,1-5H3,(H,23,25,27). The Hall–Kier alpha value is -2.04. The van der Waals surface area contributed by atoms with Crippen molar-refractivity contribution in [2.75, 3.05) is 25.5 Å². The van der Waals surface area contributed by atoms with Crippen LogP contribution in [0.25, 0.3) is 0 Å². The van der Waals surface area contributed by atoms with Gasteiger partial charge in [-0.3, -0.25) is 10.1 Å². The predicted molar refractivity (Wildman–Crippen MR) is 126 cm³/mol. The van der Waals surface area contributed by atoms with Crippen LogP contribution in [0.2, 0.25) is 0 Å². The lowest BCUT2D eigenvalue weighted by atomic mass is 9.94. The number of sulfonamides is 1. The van der Waals surface area contributed by atoms with Crippen molar-refractivity contribution in [2.24, 2.45) is 11.8 Å². The summed E-state index contributed by atoms with van der Waals surface area (Å²) < 4.78 is 33.7. The van der Waals surface area contributed by atoms with E-state index >= 15 is 0 Å². The van der Waals surface area contributed by atoms with Crippen LogP contribution in [-0.4, -0.2) is 49.0 Å². The largest absolute Gasteiger partial charge is 0.495 e. The number of carbonyl (C=O) groups excluding carboxylic acids is 1. The highest BCUT2D eigenvalue weighted by atomic mass is 32.2. The Labute approximate surface area is 194 Å². The number of carbonyl (C=O) groups is 1. The molecule has 1 aliphatic heterocycles. The van der Waals surface area contributed by atoms with E-state index in [4.69, 9.17) is 4.74 Å². The summed E-state index contributed by atoms with van der Waals surface area (Å²) in [6, 6.07) is 4.46. The molecule has 1 aromatic heterocycles. The van der Waals surface area contributed by atoms with Crippen LogP contribution >= 0.6 is 11.3 Å². The second-order valence-corrected chi connectivity index (χ2v) is 11.5. The molecular formula is C22H32N4O4S2. The minimum Gasteiger partial charge on any atom is -0.495 e. The van der Waals surface area contributed by atoms with Crippen LogP contribution in [0.5, 0.6) is 5.75 Å². The molecule has 2 unspecified atom stereocenters. The fourth-order valence-electron chi connectivity index (χ4n) is 4.22. The topological polar surface area (TPSA) is 101 Å². The average molecular weight is 481 g/mol. The van der Waals surface area contributed by atoms with E-state index in [0.29, 0.717) is 24.1 Å². The quantitative estimate of drug-likeness (QED) is 0.602. The number of benzene rings is 1. The zero-order valence-corrected chi connectivity index (χ0v) is 20.9. The lowest BCUT2D eigenvalue weighted by Gasteiger charge is -2.34. The zero-order valence-electron chi connectivity index (χ0n) is 19.3. The molecule has 2 heterocycles. The molecule has 2 aromatic rings. The van der Waals surface area contributed by atoms with Crippen molar-refractivity contribution in [1.82, 2.24) is 14.5 Å². The van der Waals surface area contributed by atoms with Gasteiger partial charge in [0.1, 0.15) is 15.7 Å². The molecule has 176 valence electrons. The van der Waals surface area contributed by atoms with Gasteiger partial charge in [0.15, 0.2) is 0 Å². The van der Waals surface area contributed by atoms with Crippen molar-refractivity contribution in [3.63, 3.8) is 0 Å². The molecule has 1 N–H and O–H groups in total. The van der Waals surface area contributed by atoms with Crippen molar-refractivity contribution in [1.29, 1.82) is 0 Å². The highest BCUT2D eigenvalue weighted by Crippen LogP contribution is 2.33. The number of methoxy groups -OCH3 is 1. The number of nitrogens with zero attached hydrogens (tertiary/aromatic N) is 3. The molecule has 1 aliphatic rings.